The minimum absolute atomic E-state index is 0.0410. The fraction of sp³-hybridized carbons (Fsp3) is 0.250. The third kappa shape index (κ3) is 3.75. The maximum absolute atomic E-state index is 12.7. The highest BCUT2D eigenvalue weighted by molar-refractivity contribution is 8.45. The predicted octanol–water partition coefficient (Wildman–Crippen LogP) is 6.49. The molecule has 0 fully saturated rings. The number of halogens is 5. The highest BCUT2D eigenvalue weighted by Gasteiger charge is 2.65. The van der Waals surface area contributed by atoms with Crippen LogP contribution < -0.4 is 0 Å². The molecule has 142 valence electrons. The number of aryl methyl sites for hydroxylation is 3. The van der Waals surface area contributed by atoms with Gasteiger partial charge >= 0.3 is 10.2 Å². The summed E-state index contributed by atoms with van der Waals surface area (Å²) in [4.78, 5) is 16.6. The number of rotatable bonds is 5. The number of benzene rings is 1. The van der Waals surface area contributed by atoms with Crippen molar-refractivity contribution in [1.82, 2.24) is 9.38 Å². The molecule has 0 bridgehead atoms. The number of aromatic nitrogens is 2. The zero-order valence-electron chi connectivity index (χ0n) is 13.8. The Morgan fingerprint density at radius 1 is 1.12 bits per heavy atom. The van der Waals surface area contributed by atoms with Crippen LogP contribution in [-0.4, -0.2) is 15.2 Å². The van der Waals surface area contributed by atoms with Gasteiger partial charge in [-0.15, -0.1) is 11.3 Å². The lowest BCUT2D eigenvalue weighted by Crippen LogP contribution is -2.07. The van der Waals surface area contributed by atoms with Gasteiger partial charge in [0.1, 0.15) is 10.6 Å². The smallest absolute Gasteiger partial charge is 0.292 e. The van der Waals surface area contributed by atoms with Gasteiger partial charge in [-0.1, -0.05) is 31.6 Å². The van der Waals surface area contributed by atoms with Gasteiger partial charge in [-0.25, -0.2) is 4.98 Å². The summed E-state index contributed by atoms with van der Waals surface area (Å²) in [6.45, 7) is 3.61. The van der Waals surface area contributed by atoms with E-state index in [1.807, 2.05) is 6.92 Å². The van der Waals surface area contributed by atoms with Gasteiger partial charge in [-0.2, -0.15) is 0 Å². The third-order valence-electron chi connectivity index (χ3n) is 3.89. The van der Waals surface area contributed by atoms with Gasteiger partial charge in [-0.05, 0) is 38.0 Å². The van der Waals surface area contributed by atoms with Gasteiger partial charge in [0.2, 0.25) is 0 Å². The zero-order chi connectivity index (χ0) is 19.4. The van der Waals surface area contributed by atoms with Crippen LogP contribution in [0.4, 0.5) is 19.4 Å². The first-order chi connectivity index (χ1) is 11.7. The second-order valence-corrected chi connectivity index (χ2v) is 9.70. The summed E-state index contributed by atoms with van der Waals surface area (Å²) in [6, 6.07) is 2.69. The molecule has 0 N–H and O–H groups in total. The number of carbonyl (C=O) groups is 1. The van der Waals surface area contributed by atoms with Crippen molar-refractivity contribution in [3.63, 3.8) is 0 Å². The number of hydrogen-bond donors (Lipinski definition) is 0. The van der Waals surface area contributed by atoms with E-state index < -0.39 is 15.1 Å². The molecule has 1 aromatic carbocycles. The van der Waals surface area contributed by atoms with Crippen LogP contribution in [0.15, 0.2) is 35.4 Å². The first-order valence-electron chi connectivity index (χ1n) is 7.56. The van der Waals surface area contributed by atoms with Crippen molar-refractivity contribution in [2.24, 2.45) is 0 Å². The molecule has 26 heavy (non-hydrogen) atoms. The van der Waals surface area contributed by atoms with E-state index in [4.69, 9.17) is 0 Å². The van der Waals surface area contributed by atoms with Crippen molar-refractivity contribution in [1.29, 1.82) is 0 Å². The molecule has 0 radical (unpaired) electrons. The van der Waals surface area contributed by atoms with E-state index in [1.54, 1.807) is 17.5 Å². The van der Waals surface area contributed by atoms with E-state index in [-0.39, 0.29) is 18.6 Å². The van der Waals surface area contributed by atoms with Crippen molar-refractivity contribution in [3.8, 4) is 0 Å². The molecular formula is C16H15F5N2OS2. The van der Waals surface area contributed by atoms with E-state index >= 15 is 0 Å². The SMILES string of the molecule is Cc1cn2c(C(=O)CCc3ccc(S(F)(F)(F)(F)F)cc3)c(C)nc2s1. The summed E-state index contributed by atoms with van der Waals surface area (Å²) in [5.41, 5.74) is 1.40. The lowest BCUT2D eigenvalue weighted by molar-refractivity contribution is 0.0976. The molecule has 3 aromatic rings. The Morgan fingerprint density at radius 2 is 1.73 bits per heavy atom. The Morgan fingerprint density at radius 3 is 2.31 bits per heavy atom. The zero-order valence-corrected chi connectivity index (χ0v) is 15.4. The minimum atomic E-state index is -9.66. The minimum Gasteiger partial charge on any atom is -0.292 e. The van der Waals surface area contributed by atoms with Crippen molar-refractivity contribution < 1.29 is 24.2 Å². The molecule has 0 aliphatic rings. The number of nitrogens with zero attached hydrogens (tertiary/aromatic N) is 2. The number of imidazole rings is 1. The Kier molecular flexibility index (Phi) is 3.83. The van der Waals surface area contributed by atoms with Gasteiger partial charge in [0.25, 0.3) is 0 Å². The summed E-state index contributed by atoms with van der Waals surface area (Å²) in [5.74, 6) is -0.204. The number of thiazole rings is 1. The molecular weight excluding hydrogens is 395 g/mol. The van der Waals surface area contributed by atoms with E-state index in [9.17, 15) is 24.2 Å². The molecule has 2 aromatic heterocycles. The summed E-state index contributed by atoms with van der Waals surface area (Å²) >= 11 is 1.45. The number of fused-ring (bicyclic) bond motifs is 1. The average Bonchev–Trinajstić information content (AvgIpc) is 2.97. The number of Topliss-reactive ketones (excluding diaryl/α,β-unsaturated/α-hetero) is 1. The van der Waals surface area contributed by atoms with E-state index in [1.165, 1.54) is 11.3 Å². The Hall–Kier alpha value is -1.94. The third-order valence-corrected chi connectivity index (χ3v) is 5.95. The molecule has 0 amide bonds. The number of hydrogen-bond acceptors (Lipinski definition) is 3. The van der Waals surface area contributed by atoms with Crippen LogP contribution >= 0.6 is 21.6 Å². The summed E-state index contributed by atoms with van der Waals surface area (Å²) in [6.07, 6.45) is 1.99. The van der Waals surface area contributed by atoms with Crippen molar-refractivity contribution >= 4 is 32.3 Å². The Labute approximate surface area is 150 Å². The summed E-state index contributed by atoms with van der Waals surface area (Å²) in [5, 5.41) is 0. The van der Waals surface area contributed by atoms with E-state index in [0.29, 0.717) is 34.0 Å². The normalized spacial score (nSPS) is 15.0. The average molecular weight is 410 g/mol. The lowest BCUT2D eigenvalue weighted by Gasteiger charge is -2.40. The summed E-state index contributed by atoms with van der Waals surface area (Å²) in [7, 11) is -9.66. The molecule has 2 heterocycles. The largest absolute Gasteiger partial charge is 0.310 e. The molecule has 3 nitrogen and oxygen atoms in total. The first-order valence-corrected chi connectivity index (χ1v) is 10.3. The van der Waals surface area contributed by atoms with Crippen LogP contribution in [0.5, 0.6) is 0 Å². The fourth-order valence-electron chi connectivity index (χ4n) is 2.69. The topological polar surface area (TPSA) is 34.4 Å². The Bertz CT molecular complexity index is 1000. The van der Waals surface area contributed by atoms with Gasteiger partial charge < -0.3 is 0 Å². The van der Waals surface area contributed by atoms with Gasteiger partial charge in [0, 0.05) is 17.5 Å². The lowest BCUT2D eigenvalue weighted by atomic mass is 10.1. The molecule has 0 saturated carbocycles. The van der Waals surface area contributed by atoms with E-state index in [0.717, 1.165) is 17.0 Å². The van der Waals surface area contributed by atoms with Crippen LogP contribution in [0, 0.1) is 13.8 Å². The quantitative estimate of drug-likeness (QED) is 0.356. The van der Waals surface area contributed by atoms with Crippen molar-refractivity contribution in [3.05, 3.63) is 52.3 Å². The molecule has 10 heteroatoms. The molecule has 0 atom stereocenters. The van der Waals surface area contributed by atoms with Crippen molar-refractivity contribution in [2.45, 2.75) is 31.6 Å². The molecule has 0 aliphatic carbocycles. The molecule has 0 aliphatic heterocycles. The van der Waals surface area contributed by atoms with Crippen LogP contribution in [0.1, 0.15) is 33.0 Å². The van der Waals surface area contributed by atoms with Crippen LogP contribution in [0.25, 0.3) is 4.96 Å². The monoisotopic (exact) mass is 410 g/mol. The second-order valence-electron chi connectivity index (χ2n) is 6.08. The van der Waals surface area contributed by atoms with Crippen LogP contribution in [0.3, 0.4) is 0 Å². The number of carbonyl (C=O) groups excluding carboxylic acids is 1. The van der Waals surface area contributed by atoms with Crippen LogP contribution in [0.2, 0.25) is 0 Å². The maximum atomic E-state index is 12.7. The van der Waals surface area contributed by atoms with E-state index in [2.05, 4.69) is 4.98 Å². The standard InChI is InChI=1S/C16H15F5N2OS2/c1-10-9-23-15(11(2)22-16(23)25-10)14(24)8-5-12-3-6-13(7-4-12)26(17,18,19,20)21/h3-4,6-7,9H,5,8H2,1-2H3. The van der Waals surface area contributed by atoms with Gasteiger partial charge in [-0.3, -0.25) is 9.20 Å². The highest BCUT2D eigenvalue weighted by atomic mass is 32.5. The second kappa shape index (κ2) is 5.29. The summed E-state index contributed by atoms with van der Waals surface area (Å²) < 4.78 is 65.3. The predicted molar refractivity (Wildman–Crippen MR) is 93.0 cm³/mol. The van der Waals surface area contributed by atoms with Crippen molar-refractivity contribution in [2.75, 3.05) is 0 Å². The maximum Gasteiger partial charge on any atom is 0.310 e. The molecule has 0 saturated heterocycles. The molecule has 3 rings (SSSR count). The molecule has 0 unspecified atom stereocenters. The highest BCUT2D eigenvalue weighted by Crippen LogP contribution is 3.02. The Balaban J connectivity index is 1.77. The first kappa shape index (κ1) is 18.8. The molecule has 0 spiro atoms. The van der Waals surface area contributed by atoms with Gasteiger partial charge in [0.05, 0.1) is 5.69 Å². The van der Waals surface area contributed by atoms with Gasteiger partial charge in [0.15, 0.2) is 10.7 Å². The number of ketones is 1. The van der Waals surface area contributed by atoms with Crippen LogP contribution in [-0.2, 0) is 6.42 Å². The fourth-order valence-corrected chi connectivity index (χ4v) is 4.21.